The van der Waals surface area contributed by atoms with E-state index >= 15 is 0 Å². The number of rotatable bonds is 6. The van der Waals surface area contributed by atoms with Crippen molar-refractivity contribution in [3.8, 4) is 0 Å². The van der Waals surface area contributed by atoms with Crippen molar-refractivity contribution in [1.82, 2.24) is 4.98 Å². The first kappa shape index (κ1) is 17.2. The number of thiazole rings is 1. The predicted molar refractivity (Wildman–Crippen MR) is 104 cm³/mol. The maximum Gasteiger partial charge on any atom is 0.223 e. The molecule has 2 aromatic carbocycles. The highest BCUT2D eigenvalue weighted by Crippen LogP contribution is 2.27. The molecule has 0 aliphatic heterocycles. The van der Waals surface area contributed by atoms with Gasteiger partial charge in [-0.3, -0.25) is 4.79 Å². The number of nitrogens with one attached hydrogen (secondary N) is 1. The Hall–Kier alpha value is -2.66. The van der Waals surface area contributed by atoms with Crippen molar-refractivity contribution in [3.05, 3.63) is 76.3 Å². The van der Waals surface area contributed by atoms with Gasteiger partial charge in [-0.25, -0.2) is 4.98 Å². The van der Waals surface area contributed by atoms with Gasteiger partial charge in [0.15, 0.2) is 5.13 Å². The van der Waals surface area contributed by atoms with Crippen molar-refractivity contribution in [2.45, 2.75) is 26.2 Å². The second-order valence-electron chi connectivity index (χ2n) is 5.97. The number of nitrogen functional groups attached to an aromatic ring is 1. The van der Waals surface area contributed by atoms with Crippen molar-refractivity contribution < 1.29 is 4.79 Å². The van der Waals surface area contributed by atoms with Crippen LogP contribution in [0.15, 0.2) is 54.6 Å². The molecule has 0 unspecified atom stereocenters. The number of carbonyl (C=O) groups excluding carboxylic acids is 1. The first-order valence-electron chi connectivity index (χ1n) is 8.24. The Labute approximate surface area is 151 Å². The summed E-state index contributed by atoms with van der Waals surface area (Å²) in [7, 11) is 0. The van der Waals surface area contributed by atoms with Gasteiger partial charge < -0.3 is 11.1 Å². The Morgan fingerprint density at radius 2 is 1.76 bits per heavy atom. The van der Waals surface area contributed by atoms with Gasteiger partial charge in [0.25, 0.3) is 0 Å². The zero-order valence-corrected chi connectivity index (χ0v) is 15.0. The molecule has 3 aromatic rings. The molecule has 1 amide bonds. The molecule has 5 heteroatoms. The van der Waals surface area contributed by atoms with Crippen molar-refractivity contribution >= 4 is 28.1 Å². The van der Waals surface area contributed by atoms with Crippen molar-refractivity contribution in [1.29, 1.82) is 0 Å². The topological polar surface area (TPSA) is 68.0 Å². The third kappa shape index (κ3) is 4.90. The lowest BCUT2D eigenvalue weighted by Crippen LogP contribution is -2.05. The normalized spacial score (nSPS) is 10.6. The van der Waals surface area contributed by atoms with Crippen LogP contribution in [0.4, 0.5) is 10.8 Å². The molecule has 25 heavy (non-hydrogen) atoms. The molecule has 0 bridgehead atoms. The molecule has 0 saturated heterocycles. The third-order valence-electron chi connectivity index (χ3n) is 3.90. The fourth-order valence-corrected chi connectivity index (χ4v) is 3.74. The van der Waals surface area contributed by atoms with E-state index < -0.39 is 0 Å². The van der Waals surface area contributed by atoms with Crippen LogP contribution in [-0.4, -0.2) is 10.9 Å². The van der Waals surface area contributed by atoms with Crippen LogP contribution in [0.3, 0.4) is 0 Å². The smallest absolute Gasteiger partial charge is 0.223 e. The number of benzene rings is 2. The zero-order valence-electron chi connectivity index (χ0n) is 14.2. The molecular formula is C20H21N3OS. The van der Waals surface area contributed by atoms with Crippen LogP contribution in [0, 0.1) is 0 Å². The number of amides is 1. The Balaban J connectivity index is 1.78. The van der Waals surface area contributed by atoms with Crippen LogP contribution in [0.25, 0.3) is 0 Å². The molecule has 3 rings (SSSR count). The highest BCUT2D eigenvalue weighted by Gasteiger charge is 2.13. The molecule has 4 nitrogen and oxygen atoms in total. The van der Waals surface area contributed by atoms with E-state index in [9.17, 15) is 4.79 Å². The molecular weight excluding hydrogens is 330 g/mol. The minimum absolute atomic E-state index is 0.0925. The van der Waals surface area contributed by atoms with Crippen LogP contribution >= 0.6 is 11.3 Å². The fourth-order valence-electron chi connectivity index (χ4n) is 2.65. The summed E-state index contributed by atoms with van der Waals surface area (Å²) in [5, 5.41) is 3.48. The van der Waals surface area contributed by atoms with Gasteiger partial charge >= 0.3 is 0 Å². The Bertz CT molecular complexity index is 841. The summed E-state index contributed by atoms with van der Waals surface area (Å²) in [4.78, 5) is 17.2. The molecule has 0 aliphatic rings. The number of nitrogens with two attached hydrogens (primary N) is 1. The van der Waals surface area contributed by atoms with Gasteiger partial charge in [0.05, 0.1) is 5.69 Å². The number of anilines is 2. The second-order valence-corrected chi connectivity index (χ2v) is 7.06. The summed E-state index contributed by atoms with van der Waals surface area (Å²) in [6.07, 6.45) is 2.56. The molecule has 0 radical (unpaired) electrons. The molecule has 0 saturated carbocycles. The van der Waals surface area contributed by atoms with Crippen LogP contribution in [0.5, 0.6) is 0 Å². The molecule has 0 spiro atoms. The van der Waals surface area contributed by atoms with Crippen LogP contribution in [0.1, 0.15) is 28.6 Å². The van der Waals surface area contributed by atoms with Crippen LogP contribution in [-0.2, 0) is 24.1 Å². The summed E-state index contributed by atoms with van der Waals surface area (Å²) in [6.45, 7) is 1.51. The largest absolute Gasteiger partial charge is 0.399 e. The molecule has 128 valence electrons. The van der Waals surface area contributed by atoms with Gasteiger partial charge in [0.1, 0.15) is 0 Å². The number of carbonyl (C=O) groups is 1. The SMILES string of the molecule is CC(=O)Nc1nc(CCc2ccc(N)cc2)c(Cc2ccccc2)s1. The van der Waals surface area contributed by atoms with Crippen molar-refractivity contribution in [2.75, 3.05) is 11.1 Å². The molecule has 0 aliphatic carbocycles. The van der Waals surface area contributed by atoms with Gasteiger partial charge in [0, 0.05) is 23.9 Å². The minimum atomic E-state index is -0.0925. The molecule has 0 fully saturated rings. The van der Waals surface area contributed by atoms with Crippen molar-refractivity contribution in [2.24, 2.45) is 0 Å². The molecule has 3 N–H and O–H groups in total. The second kappa shape index (κ2) is 7.94. The van der Waals surface area contributed by atoms with E-state index in [0.717, 1.165) is 30.6 Å². The summed E-state index contributed by atoms with van der Waals surface area (Å²) in [6, 6.07) is 18.3. The maximum atomic E-state index is 11.3. The molecule has 1 heterocycles. The lowest BCUT2D eigenvalue weighted by molar-refractivity contribution is -0.114. The average molecular weight is 351 g/mol. The van der Waals surface area contributed by atoms with E-state index in [2.05, 4.69) is 22.4 Å². The van der Waals surface area contributed by atoms with Crippen LogP contribution < -0.4 is 11.1 Å². The summed E-state index contributed by atoms with van der Waals surface area (Å²) in [5.41, 5.74) is 10.0. The van der Waals surface area contributed by atoms with Gasteiger partial charge in [-0.1, -0.05) is 42.5 Å². The van der Waals surface area contributed by atoms with Gasteiger partial charge in [-0.2, -0.15) is 0 Å². The monoisotopic (exact) mass is 351 g/mol. The fraction of sp³-hybridized carbons (Fsp3) is 0.200. The lowest BCUT2D eigenvalue weighted by atomic mass is 10.0. The summed E-state index contributed by atoms with van der Waals surface area (Å²) < 4.78 is 0. The predicted octanol–water partition coefficient (Wildman–Crippen LogP) is 4.06. The molecule has 0 atom stereocenters. The Morgan fingerprint density at radius 1 is 1.04 bits per heavy atom. The number of aryl methyl sites for hydroxylation is 2. The van der Waals surface area contributed by atoms with E-state index in [1.807, 2.05) is 42.5 Å². The van der Waals surface area contributed by atoms with Gasteiger partial charge in [0.2, 0.25) is 5.91 Å². The highest BCUT2D eigenvalue weighted by molar-refractivity contribution is 7.15. The Kier molecular flexibility index (Phi) is 5.46. The number of hydrogen-bond acceptors (Lipinski definition) is 4. The van der Waals surface area contributed by atoms with Gasteiger partial charge in [-0.05, 0) is 36.1 Å². The first-order chi connectivity index (χ1) is 12.1. The van der Waals surface area contributed by atoms with E-state index in [1.165, 1.54) is 22.9 Å². The number of nitrogens with zero attached hydrogens (tertiary/aromatic N) is 1. The van der Waals surface area contributed by atoms with E-state index in [-0.39, 0.29) is 5.91 Å². The van der Waals surface area contributed by atoms with E-state index in [1.54, 1.807) is 11.3 Å². The number of aromatic nitrogens is 1. The Morgan fingerprint density at radius 3 is 2.44 bits per heavy atom. The first-order valence-corrected chi connectivity index (χ1v) is 9.06. The zero-order chi connectivity index (χ0) is 17.6. The maximum absolute atomic E-state index is 11.3. The standard InChI is InChI=1S/C20H21N3OS/c1-14(24)22-20-23-18(12-9-15-7-10-17(21)11-8-15)19(25-20)13-16-5-3-2-4-6-16/h2-8,10-11H,9,12-13,21H2,1H3,(H,22,23,24). The van der Waals surface area contributed by atoms with E-state index in [0.29, 0.717) is 5.13 Å². The summed E-state index contributed by atoms with van der Waals surface area (Å²) >= 11 is 1.56. The lowest BCUT2D eigenvalue weighted by Gasteiger charge is -2.04. The highest BCUT2D eigenvalue weighted by atomic mass is 32.1. The minimum Gasteiger partial charge on any atom is -0.399 e. The summed E-state index contributed by atoms with van der Waals surface area (Å²) in [5.74, 6) is -0.0925. The average Bonchev–Trinajstić information content (AvgIpc) is 2.96. The van der Waals surface area contributed by atoms with E-state index in [4.69, 9.17) is 5.73 Å². The van der Waals surface area contributed by atoms with Crippen molar-refractivity contribution in [3.63, 3.8) is 0 Å². The molecule has 1 aromatic heterocycles. The van der Waals surface area contributed by atoms with Gasteiger partial charge in [-0.15, -0.1) is 11.3 Å². The number of hydrogen-bond donors (Lipinski definition) is 2. The van der Waals surface area contributed by atoms with Crippen LogP contribution in [0.2, 0.25) is 0 Å². The quantitative estimate of drug-likeness (QED) is 0.658. The third-order valence-corrected chi connectivity index (χ3v) is 4.91.